The second-order valence-corrected chi connectivity index (χ2v) is 10.5. The number of hydrogen-bond donors (Lipinski definition) is 2. The minimum absolute atomic E-state index is 0.209. The van der Waals surface area contributed by atoms with Gasteiger partial charge in [0.15, 0.2) is 0 Å². The summed E-state index contributed by atoms with van der Waals surface area (Å²) >= 11 is 6.00. The normalized spacial score (nSPS) is 16.9. The summed E-state index contributed by atoms with van der Waals surface area (Å²) < 4.78 is 0. The van der Waals surface area contributed by atoms with E-state index in [0.29, 0.717) is 17.9 Å². The zero-order valence-electron chi connectivity index (χ0n) is 23.0. The van der Waals surface area contributed by atoms with Gasteiger partial charge in [-0.3, -0.25) is 19.2 Å². The third-order valence-corrected chi connectivity index (χ3v) is 7.64. The van der Waals surface area contributed by atoms with Crippen molar-refractivity contribution in [2.24, 2.45) is 0 Å². The SMILES string of the molecule is CCC1C(=O)N(C(Cc2ccc3ccccc3c2)C(=O)NC)CCN1C(=O)C(Cc1ccc(Cl)cc1)NC(C)=O. The van der Waals surface area contributed by atoms with E-state index in [0.717, 1.165) is 21.9 Å². The highest BCUT2D eigenvalue weighted by Crippen LogP contribution is 2.23. The number of nitrogens with one attached hydrogen (secondary N) is 2. The quantitative estimate of drug-likeness (QED) is 0.418. The molecule has 40 heavy (non-hydrogen) atoms. The van der Waals surface area contributed by atoms with Gasteiger partial charge in [0.25, 0.3) is 0 Å². The maximum Gasteiger partial charge on any atom is 0.246 e. The molecule has 3 atom stereocenters. The van der Waals surface area contributed by atoms with E-state index in [1.807, 2.05) is 61.5 Å². The predicted octanol–water partition coefficient (Wildman–Crippen LogP) is 3.35. The summed E-state index contributed by atoms with van der Waals surface area (Å²) in [6.07, 6.45) is 1.00. The third kappa shape index (κ3) is 6.62. The van der Waals surface area contributed by atoms with Crippen LogP contribution in [0.25, 0.3) is 10.8 Å². The largest absolute Gasteiger partial charge is 0.357 e. The van der Waals surface area contributed by atoms with Gasteiger partial charge < -0.3 is 20.4 Å². The lowest BCUT2D eigenvalue weighted by atomic mass is 9.97. The van der Waals surface area contributed by atoms with Crippen molar-refractivity contribution in [2.45, 2.75) is 51.2 Å². The first-order valence-electron chi connectivity index (χ1n) is 13.5. The van der Waals surface area contributed by atoms with E-state index < -0.39 is 18.1 Å². The van der Waals surface area contributed by atoms with Gasteiger partial charge in [-0.15, -0.1) is 0 Å². The molecule has 3 aromatic rings. The summed E-state index contributed by atoms with van der Waals surface area (Å²) in [4.78, 5) is 55.7. The molecule has 8 nitrogen and oxygen atoms in total. The lowest BCUT2D eigenvalue weighted by Gasteiger charge is -2.44. The van der Waals surface area contributed by atoms with Crippen molar-refractivity contribution in [3.63, 3.8) is 0 Å². The number of piperazine rings is 1. The van der Waals surface area contributed by atoms with Gasteiger partial charge in [0.1, 0.15) is 18.1 Å². The second kappa shape index (κ2) is 13.0. The minimum atomic E-state index is -0.834. The Labute approximate surface area is 239 Å². The summed E-state index contributed by atoms with van der Waals surface area (Å²) in [7, 11) is 1.56. The highest BCUT2D eigenvalue weighted by atomic mass is 35.5. The molecule has 1 aliphatic rings. The average Bonchev–Trinajstić information content (AvgIpc) is 2.95. The molecule has 4 rings (SSSR count). The molecule has 9 heteroatoms. The predicted molar refractivity (Wildman–Crippen MR) is 156 cm³/mol. The van der Waals surface area contributed by atoms with Crippen molar-refractivity contribution < 1.29 is 19.2 Å². The van der Waals surface area contributed by atoms with Crippen molar-refractivity contribution in [1.82, 2.24) is 20.4 Å². The average molecular weight is 563 g/mol. The van der Waals surface area contributed by atoms with Crippen LogP contribution < -0.4 is 10.6 Å². The number of halogens is 1. The van der Waals surface area contributed by atoms with Crippen LogP contribution in [0.4, 0.5) is 0 Å². The van der Waals surface area contributed by atoms with Crippen LogP contribution in [0, 0.1) is 0 Å². The van der Waals surface area contributed by atoms with Gasteiger partial charge in [0.05, 0.1) is 0 Å². The molecule has 3 aromatic carbocycles. The van der Waals surface area contributed by atoms with Crippen LogP contribution in [0.15, 0.2) is 66.7 Å². The van der Waals surface area contributed by atoms with Crippen LogP contribution in [0.5, 0.6) is 0 Å². The van der Waals surface area contributed by atoms with E-state index in [4.69, 9.17) is 11.6 Å². The Kier molecular flexibility index (Phi) is 9.42. The van der Waals surface area contributed by atoms with Gasteiger partial charge in [-0.2, -0.15) is 0 Å². The molecule has 1 heterocycles. The van der Waals surface area contributed by atoms with Crippen LogP contribution in [0.3, 0.4) is 0 Å². The Morgan fingerprint density at radius 2 is 1.62 bits per heavy atom. The summed E-state index contributed by atoms with van der Waals surface area (Å²) in [5, 5.41) is 8.21. The van der Waals surface area contributed by atoms with Gasteiger partial charge in [0, 0.05) is 44.9 Å². The lowest BCUT2D eigenvalue weighted by Crippen LogP contribution is -2.65. The Morgan fingerprint density at radius 1 is 0.950 bits per heavy atom. The van der Waals surface area contributed by atoms with Crippen molar-refractivity contribution in [3.8, 4) is 0 Å². The minimum Gasteiger partial charge on any atom is -0.357 e. The molecule has 1 aliphatic heterocycles. The first kappa shape index (κ1) is 29.1. The van der Waals surface area contributed by atoms with Gasteiger partial charge in [-0.25, -0.2) is 0 Å². The lowest BCUT2D eigenvalue weighted by molar-refractivity contribution is -0.157. The van der Waals surface area contributed by atoms with Gasteiger partial charge in [-0.05, 0) is 40.5 Å². The molecule has 1 fully saturated rings. The van der Waals surface area contributed by atoms with Crippen LogP contribution in [0.2, 0.25) is 5.02 Å². The first-order valence-corrected chi connectivity index (χ1v) is 13.9. The molecule has 1 saturated heterocycles. The molecule has 0 aliphatic carbocycles. The van der Waals surface area contributed by atoms with E-state index in [9.17, 15) is 19.2 Å². The number of likely N-dealkylation sites (N-methyl/N-ethyl adjacent to an activating group) is 1. The van der Waals surface area contributed by atoms with Gasteiger partial charge >= 0.3 is 0 Å². The first-order chi connectivity index (χ1) is 19.2. The molecule has 0 radical (unpaired) electrons. The van der Waals surface area contributed by atoms with Crippen molar-refractivity contribution >= 4 is 46.0 Å². The number of rotatable bonds is 9. The summed E-state index contributed by atoms with van der Waals surface area (Å²) in [5.41, 5.74) is 1.78. The molecule has 3 unspecified atom stereocenters. The van der Waals surface area contributed by atoms with Crippen molar-refractivity contribution in [3.05, 3.63) is 82.9 Å². The van der Waals surface area contributed by atoms with Gasteiger partial charge in [0.2, 0.25) is 23.6 Å². The fourth-order valence-corrected chi connectivity index (χ4v) is 5.50. The highest BCUT2D eigenvalue weighted by molar-refractivity contribution is 6.30. The van der Waals surface area contributed by atoms with E-state index >= 15 is 0 Å². The van der Waals surface area contributed by atoms with E-state index in [1.165, 1.54) is 6.92 Å². The maximum absolute atomic E-state index is 13.8. The number of benzene rings is 3. The van der Waals surface area contributed by atoms with Crippen molar-refractivity contribution in [1.29, 1.82) is 0 Å². The van der Waals surface area contributed by atoms with Crippen LogP contribution in [-0.4, -0.2) is 71.7 Å². The molecule has 0 saturated carbocycles. The molecule has 4 amide bonds. The number of carbonyl (C=O) groups is 4. The monoisotopic (exact) mass is 562 g/mol. The third-order valence-electron chi connectivity index (χ3n) is 7.39. The molecular weight excluding hydrogens is 528 g/mol. The maximum atomic E-state index is 13.8. The van der Waals surface area contributed by atoms with Crippen LogP contribution in [-0.2, 0) is 32.0 Å². The second-order valence-electron chi connectivity index (χ2n) is 10.1. The topological polar surface area (TPSA) is 98.8 Å². The molecule has 2 N–H and O–H groups in total. The van der Waals surface area contributed by atoms with E-state index in [-0.39, 0.29) is 43.1 Å². The zero-order valence-corrected chi connectivity index (χ0v) is 23.8. The molecular formula is C31H35ClN4O4. The molecule has 0 bridgehead atoms. The number of hydrogen-bond acceptors (Lipinski definition) is 4. The number of carbonyl (C=O) groups excluding carboxylic acids is 4. The Balaban J connectivity index is 1.55. The fourth-order valence-electron chi connectivity index (χ4n) is 5.38. The van der Waals surface area contributed by atoms with Gasteiger partial charge in [-0.1, -0.05) is 73.1 Å². The summed E-state index contributed by atoms with van der Waals surface area (Å²) in [6.45, 7) is 3.67. The number of fused-ring (bicyclic) bond motifs is 1. The zero-order chi connectivity index (χ0) is 28.8. The van der Waals surface area contributed by atoms with Crippen molar-refractivity contribution in [2.75, 3.05) is 20.1 Å². The Hall–Kier alpha value is -3.91. The molecule has 0 spiro atoms. The number of nitrogens with zero attached hydrogens (tertiary/aromatic N) is 2. The Morgan fingerprint density at radius 3 is 2.27 bits per heavy atom. The summed E-state index contributed by atoms with van der Waals surface area (Å²) in [5.74, 6) is -1.18. The molecule has 210 valence electrons. The number of amides is 4. The Bertz CT molecular complexity index is 1390. The smallest absolute Gasteiger partial charge is 0.246 e. The van der Waals surface area contributed by atoms with E-state index in [2.05, 4.69) is 10.6 Å². The fraction of sp³-hybridized carbons (Fsp3) is 0.355. The summed E-state index contributed by atoms with van der Waals surface area (Å²) in [6, 6.07) is 18.8. The van der Waals surface area contributed by atoms with Crippen LogP contribution >= 0.6 is 11.6 Å². The van der Waals surface area contributed by atoms with Crippen LogP contribution in [0.1, 0.15) is 31.4 Å². The van der Waals surface area contributed by atoms with E-state index in [1.54, 1.807) is 29.0 Å². The standard InChI is InChI=1S/C31H35ClN4O4/c1-4-27-31(40)36(28(29(38)33-3)19-22-9-12-23-7-5-6-8-24(23)17-22)16-15-35(27)30(39)26(34-20(2)37)18-21-10-13-25(32)14-11-21/h5-14,17,26-28H,4,15-16,18-19H2,1-3H3,(H,33,38)(H,34,37). The highest BCUT2D eigenvalue weighted by Gasteiger charge is 2.42. The molecule has 0 aromatic heterocycles.